The summed E-state index contributed by atoms with van der Waals surface area (Å²) in [6, 6.07) is 13.2. The number of amides is 1. The molecule has 1 amide bonds. The Hall–Kier alpha value is -2.24. The normalized spacial score (nSPS) is 14.7. The van der Waals surface area contributed by atoms with E-state index in [1.807, 2.05) is 56.3 Å². The molecule has 0 saturated heterocycles. The maximum absolute atomic E-state index is 12.6. The second-order valence-corrected chi connectivity index (χ2v) is 7.08. The van der Waals surface area contributed by atoms with Crippen molar-refractivity contribution in [2.75, 3.05) is 0 Å². The number of aromatic nitrogens is 1. The molecule has 2 aromatic rings. The van der Waals surface area contributed by atoms with Crippen LogP contribution in [0.5, 0.6) is 0 Å². The van der Waals surface area contributed by atoms with Gasteiger partial charge in [-0.25, -0.2) is 0 Å². The van der Waals surface area contributed by atoms with Gasteiger partial charge in [0.1, 0.15) is 0 Å². The van der Waals surface area contributed by atoms with Crippen LogP contribution in [0.3, 0.4) is 0 Å². The molecule has 0 aliphatic carbocycles. The molecular weight excluding hydrogens is 326 g/mol. The second kappa shape index (κ2) is 10.0. The Morgan fingerprint density at radius 3 is 2.38 bits per heavy atom. The van der Waals surface area contributed by atoms with Gasteiger partial charge in [0.15, 0.2) is 0 Å². The Morgan fingerprint density at radius 1 is 1.12 bits per heavy atom. The minimum atomic E-state index is -0.728. The van der Waals surface area contributed by atoms with Gasteiger partial charge >= 0.3 is 0 Å². The van der Waals surface area contributed by atoms with Crippen molar-refractivity contribution in [3.8, 4) is 0 Å². The minimum Gasteiger partial charge on any atom is -0.391 e. The van der Waals surface area contributed by atoms with Gasteiger partial charge in [-0.3, -0.25) is 9.78 Å². The molecule has 0 fully saturated rings. The zero-order valence-corrected chi connectivity index (χ0v) is 15.5. The van der Waals surface area contributed by atoms with Crippen LogP contribution >= 0.6 is 0 Å². The molecule has 0 unspecified atom stereocenters. The topological polar surface area (TPSA) is 88.2 Å². The number of pyridine rings is 1. The Bertz CT molecular complexity index is 661. The lowest BCUT2D eigenvalue weighted by Gasteiger charge is -2.26. The quantitative estimate of drug-likeness (QED) is 0.644. The smallest absolute Gasteiger partial charge is 0.223 e. The number of aliphatic hydroxyl groups is 1. The summed E-state index contributed by atoms with van der Waals surface area (Å²) in [5.41, 5.74) is 8.26. The Balaban J connectivity index is 1.90. The van der Waals surface area contributed by atoms with Gasteiger partial charge in [0.25, 0.3) is 0 Å². The number of nitrogens with zero attached hydrogens (tertiary/aromatic N) is 1. The van der Waals surface area contributed by atoms with Crippen LogP contribution in [0.15, 0.2) is 54.9 Å². The lowest BCUT2D eigenvalue weighted by atomic mass is 9.86. The zero-order valence-electron chi connectivity index (χ0n) is 15.5. The zero-order chi connectivity index (χ0) is 18.9. The largest absolute Gasteiger partial charge is 0.391 e. The molecule has 5 nitrogen and oxygen atoms in total. The maximum Gasteiger partial charge on any atom is 0.223 e. The first-order valence-corrected chi connectivity index (χ1v) is 9.11. The molecule has 0 radical (unpaired) electrons. The van der Waals surface area contributed by atoms with E-state index in [9.17, 15) is 9.90 Å². The lowest BCUT2D eigenvalue weighted by molar-refractivity contribution is -0.127. The van der Waals surface area contributed by atoms with E-state index >= 15 is 0 Å². The summed E-state index contributed by atoms with van der Waals surface area (Å²) in [4.78, 5) is 16.6. The Labute approximate surface area is 155 Å². The van der Waals surface area contributed by atoms with Crippen LogP contribution < -0.4 is 11.1 Å². The van der Waals surface area contributed by atoms with Crippen molar-refractivity contribution < 1.29 is 9.90 Å². The number of hydrogen-bond acceptors (Lipinski definition) is 4. The molecule has 0 aliphatic heterocycles. The predicted molar refractivity (Wildman–Crippen MR) is 103 cm³/mol. The van der Waals surface area contributed by atoms with E-state index < -0.39 is 12.1 Å². The van der Waals surface area contributed by atoms with E-state index in [0.717, 1.165) is 11.1 Å². The van der Waals surface area contributed by atoms with Crippen LogP contribution in [0.25, 0.3) is 0 Å². The van der Waals surface area contributed by atoms with Crippen molar-refractivity contribution in [3.05, 3.63) is 66.0 Å². The molecule has 1 heterocycles. The SMILES string of the molecule is CC(C)[C@@H](C[C@H](O)[C@@H](N)Cc1ccccc1)C(=O)NCc1ccncc1. The first-order chi connectivity index (χ1) is 12.5. The minimum absolute atomic E-state index is 0.0530. The summed E-state index contributed by atoms with van der Waals surface area (Å²) in [6.07, 6.45) is 3.62. The van der Waals surface area contributed by atoms with E-state index in [4.69, 9.17) is 5.73 Å². The van der Waals surface area contributed by atoms with E-state index in [1.54, 1.807) is 12.4 Å². The third-order valence-corrected chi connectivity index (χ3v) is 4.66. The van der Waals surface area contributed by atoms with Gasteiger partial charge < -0.3 is 16.2 Å². The number of nitrogens with two attached hydrogens (primary N) is 1. The highest BCUT2D eigenvalue weighted by Gasteiger charge is 2.27. The molecule has 0 saturated carbocycles. The Morgan fingerprint density at radius 2 is 1.77 bits per heavy atom. The highest BCUT2D eigenvalue weighted by molar-refractivity contribution is 5.78. The van der Waals surface area contributed by atoms with Crippen LogP contribution in [-0.2, 0) is 17.8 Å². The van der Waals surface area contributed by atoms with Crippen molar-refractivity contribution in [2.24, 2.45) is 17.6 Å². The molecule has 140 valence electrons. The molecule has 1 aromatic heterocycles. The second-order valence-electron chi connectivity index (χ2n) is 7.08. The number of hydrogen-bond donors (Lipinski definition) is 3. The van der Waals surface area contributed by atoms with Crippen LogP contribution in [0.4, 0.5) is 0 Å². The highest BCUT2D eigenvalue weighted by atomic mass is 16.3. The fourth-order valence-corrected chi connectivity index (χ4v) is 2.96. The number of benzene rings is 1. The number of carbonyl (C=O) groups excluding carboxylic acids is 1. The lowest BCUT2D eigenvalue weighted by Crippen LogP contribution is -2.42. The van der Waals surface area contributed by atoms with Crippen LogP contribution in [0, 0.1) is 11.8 Å². The average Bonchev–Trinajstić information content (AvgIpc) is 2.65. The first-order valence-electron chi connectivity index (χ1n) is 9.11. The van der Waals surface area contributed by atoms with Gasteiger partial charge in [0.05, 0.1) is 6.10 Å². The fraction of sp³-hybridized carbons (Fsp3) is 0.429. The summed E-state index contributed by atoms with van der Waals surface area (Å²) in [6.45, 7) is 4.44. The average molecular weight is 355 g/mol. The maximum atomic E-state index is 12.6. The third kappa shape index (κ3) is 6.24. The Kier molecular flexibility index (Phi) is 7.75. The van der Waals surface area contributed by atoms with Gasteiger partial charge in [-0.15, -0.1) is 0 Å². The third-order valence-electron chi connectivity index (χ3n) is 4.66. The van der Waals surface area contributed by atoms with Gasteiger partial charge in [0, 0.05) is 30.9 Å². The first kappa shape index (κ1) is 20.1. The fourth-order valence-electron chi connectivity index (χ4n) is 2.96. The molecule has 3 atom stereocenters. The summed E-state index contributed by atoms with van der Waals surface area (Å²) in [5.74, 6) is -0.220. The van der Waals surface area contributed by atoms with E-state index in [-0.39, 0.29) is 17.7 Å². The van der Waals surface area contributed by atoms with Gasteiger partial charge in [0.2, 0.25) is 5.91 Å². The molecule has 26 heavy (non-hydrogen) atoms. The van der Waals surface area contributed by atoms with Crippen LogP contribution in [-0.4, -0.2) is 28.1 Å². The number of carbonyl (C=O) groups is 1. The van der Waals surface area contributed by atoms with E-state index in [2.05, 4.69) is 10.3 Å². The summed E-state index contributed by atoms with van der Waals surface area (Å²) in [5, 5.41) is 13.5. The van der Waals surface area contributed by atoms with Crippen molar-refractivity contribution >= 4 is 5.91 Å². The number of aliphatic hydroxyl groups excluding tert-OH is 1. The summed E-state index contributed by atoms with van der Waals surface area (Å²) in [7, 11) is 0. The highest BCUT2D eigenvalue weighted by Crippen LogP contribution is 2.20. The molecular formula is C21H29N3O2. The van der Waals surface area contributed by atoms with Crippen LogP contribution in [0.1, 0.15) is 31.4 Å². The predicted octanol–water partition coefficient (Wildman–Crippen LogP) is 2.29. The van der Waals surface area contributed by atoms with Crippen molar-refractivity contribution in [3.63, 3.8) is 0 Å². The molecule has 0 aliphatic rings. The molecule has 0 spiro atoms. The van der Waals surface area contributed by atoms with Crippen molar-refractivity contribution in [1.29, 1.82) is 0 Å². The summed E-state index contributed by atoms with van der Waals surface area (Å²) >= 11 is 0. The van der Waals surface area contributed by atoms with Crippen molar-refractivity contribution in [1.82, 2.24) is 10.3 Å². The van der Waals surface area contributed by atoms with Crippen LogP contribution in [0.2, 0.25) is 0 Å². The van der Waals surface area contributed by atoms with Gasteiger partial charge in [-0.1, -0.05) is 44.2 Å². The standard InChI is InChI=1S/C21H29N3O2/c1-15(2)18(21(26)24-14-17-8-10-23-11-9-17)13-20(25)19(22)12-16-6-4-3-5-7-16/h3-11,15,18-20,25H,12-14,22H2,1-2H3,(H,24,26)/t18-,19+,20+/m1/s1. The summed E-state index contributed by atoms with van der Waals surface area (Å²) < 4.78 is 0. The van der Waals surface area contributed by atoms with Gasteiger partial charge in [-0.2, -0.15) is 0 Å². The molecule has 2 rings (SSSR count). The van der Waals surface area contributed by atoms with Crippen molar-refractivity contribution in [2.45, 2.75) is 45.4 Å². The number of rotatable bonds is 9. The number of nitrogens with one attached hydrogen (secondary N) is 1. The molecule has 5 heteroatoms. The van der Waals surface area contributed by atoms with Gasteiger partial charge in [-0.05, 0) is 42.0 Å². The molecule has 1 aromatic carbocycles. The van der Waals surface area contributed by atoms with E-state index in [0.29, 0.717) is 19.4 Å². The molecule has 4 N–H and O–H groups in total. The monoisotopic (exact) mass is 355 g/mol. The van der Waals surface area contributed by atoms with E-state index in [1.165, 1.54) is 0 Å². The molecule has 0 bridgehead atoms.